The molecule has 1 fully saturated rings. The first-order valence-electron chi connectivity index (χ1n) is 10.7. The number of aliphatic hydroxyl groups excluding tert-OH is 1. The van der Waals surface area contributed by atoms with Crippen LogP contribution in [0.3, 0.4) is 0 Å². The number of hydrogen-bond acceptors (Lipinski definition) is 4. The summed E-state index contributed by atoms with van der Waals surface area (Å²) in [5.41, 5.74) is 1.85. The molecular formula is C23H30F2NO3P. The second-order valence-electron chi connectivity index (χ2n) is 8.65. The van der Waals surface area contributed by atoms with Crippen molar-refractivity contribution < 1.29 is 23.4 Å². The van der Waals surface area contributed by atoms with E-state index in [2.05, 4.69) is 16.3 Å². The van der Waals surface area contributed by atoms with Crippen LogP contribution >= 0.6 is 9.39 Å². The lowest BCUT2D eigenvalue weighted by Gasteiger charge is -2.36. The normalized spacial score (nSPS) is 27.7. The number of aryl methyl sites for hydroxylation is 1. The summed E-state index contributed by atoms with van der Waals surface area (Å²) < 4.78 is 41.0. The molecule has 164 valence electrons. The summed E-state index contributed by atoms with van der Waals surface area (Å²) in [7, 11) is 2.69. The molecule has 1 aliphatic carbocycles. The van der Waals surface area contributed by atoms with E-state index in [1.54, 1.807) is 12.1 Å². The third kappa shape index (κ3) is 5.04. The SMILES string of the molecule is CC(CN(P)CC(O)C1CCc2cc(F)ccc2O1)C1CCC2=CC(F)CC=C2O1. The number of nitrogens with zero attached hydrogens (tertiary/aromatic N) is 1. The van der Waals surface area contributed by atoms with Crippen molar-refractivity contribution in [1.29, 1.82) is 0 Å². The number of benzene rings is 1. The molecule has 0 spiro atoms. The maximum absolute atomic E-state index is 13.5. The summed E-state index contributed by atoms with van der Waals surface area (Å²) in [4.78, 5) is 0. The number of halogens is 2. The molecule has 1 aromatic carbocycles. The smallest absolute Gasteiger partial charge is 0.126 e. The fourth-order valence-corrected chi connectivity index (χ4v) is 5.09. The van der Waals surface area contributed by atoms with Crippen molar-refractivity contribution in [3.8, 4) is 5.75 Å². The molecule has 1 saturated heterocycles. The standard InChI is InChI=1S/C23H30F2NO3P/c1-14(20-6-2-15-10-17(24)4-8-21(15)28-20)12-26(30)13-19(27)23-7-3-16-11-18(25)5-9-22(16)29-23/h5,8-11,14,17,19-20,23,27H,2-4,6-7,12-13,30H2,1H3. The zero-order valence-electron chi connectivity index (χ0n) is 17.3. The van der Waals surface area contributed by atoms with Crippen LogP contribution in [0.1, 0.15) is 38.2 Å². The maximum atomic E-state index is 13.5. The van der Waals surface area contributed by atoms with Crippen LogP contribution < -0.4 is 4.74 Å². The number of rotatable bonds is 6. The lowest BCUT2D eigenvalue weighted by atomic mass is 9.90. The lowest BCUT2D eigenvalue weighted by molar-refractivity contribution is 0.00639. The van der Waals surface area contributed by atoms with Crippen LogP contribution in [-0.2, 0) is 11.2 Å². The Labute approximate surface area is 179 Å². The molecule has 7 heteroatoms. The van der Waals surface area contributed by atoms with Gasteiger partial charge in [0.2, 0.25) is 0 Å². The topological polar surface area (TPSA) is 41.9 Å². The molecular weight excluding hydrogens is 407 g/mol. The zero-order chi connectivity index (χ0) is 21.3. The Balaban J connectivity index is 1.27. The van der Waals surface area contributed by atoms with E-state index in [-0.39, 0.29) is 23.9 Å². The van der Waals surface area contributed by atoms with E-state index in [0.717, 1.165) is 36.3 Å². The van der Waals surface area contributed by atoms with Gasteiger partial charge in [-0.3, -0.25) is 4.67 Å². The highest BCUT2D eigenvalue weighted by Crippen LogP contribution is 2.35. The molecule has 6 unspecified atom stereocenters. The third-order valence-electron chi connectivity index (χ3n) is 6.21. The van der Waals surface area contributed by atoms with E-state index in [0.29, 0.717) is 31.6 Å². The van der Waals surface area contributed by atoms with Crippen LogP contribution in [0.2, 0.25) is 0 Å². The quantitative estimate of drug-likeness (QED) is 0.673. The van der Waals surface area contributed by atoms with Gasteiger partial charge in [-0.1, -0.05) is 16.3 Å². The summed E-state index contributed by atoms with van der Waals surface area (Å²) in [6.45, 7) is 3.35. The first kappa shape index (κ1) is 21.7. The van der Waals surface area contributed by atoms with Crippen LogP contribution in [0, 0.1) is 11.7 Å². The van der Waals surface area contributed by atoms with Gasteiger partial charge in [-0.15, -0.1) is 0 Å². The van der Waals surface area contributed by atoms with Crippen LogP contribution in [0.4, 0.5) is 8.78 Å². The van der Waals surface area contributed by atoms with Gasteiger partial charge in [-0.05, 0) is 67.2 Å². The summed E-state index contributed by atoms with van der Waals surface area (Å²) in [6, 6.07) is 4.53. The first-order valence-corrected chi connectivity index (χ1v) is 11.3. The second kappa shape index (κ2) is 9.33. The Hall–Kier alpha value is -1.49. The van der Waals surface area contributed by atoms with Gasteiger partial charge in [0.05, 0.1) is 0 Å². The molecule has 4 rings (SSSR count). The van der Waals surface area contributed by atoms with Crippen molar-refractivity contribution in [2.45, 2.75) is 63.5 Å². The minimum atomic E-state index is -0.890. The predicted molar refractivity (Wildman–Crippen MR) is 115 cm³/mol. The number of hydrogen-bond donors (Lipinski definition) is 1. The third-order valence-corrected chi connectivity index (χ3v) is 6.63. The number of aliphatic hydroxyl groups is 1. The first-order chi connectivity index (χ1) is 14.4. The fraction of sp³-hybridized carbons (Fsp3) is 0.565. The van der Waals surface area contributed by atoms with Gasteiger partial charge in [0.25, 0.3) is 0 Å². The van der Waals surface area contributed by atoms with Crippen LogP contribution in [0.15, 0.2) is 41.7 Å². The Kier molecular flexibility index (Phi) is 6.76. The molecule has 30 heavy (non-hydrogen) atoms. The number of allylic oxidation sites excluding steroid dienone is 3. The zero-order valence-corrected chi connectivity index (χ0v) is 18.4. The van der Waals surface area contributed by atoms with Crippen molar-refractivity contribution in [2.24, 2.45) is 5.92 Å². The lowest BCUT2D eigenvalue weighted by Crippen LogP contribution is -2.42. The monoisotopic (exact) mass is 437 g/mol. The fourth-order valence-electron chi connectivity index (χ4n) is 4.54. The van der Waals surface area contributed by atoms with Gasteiger partial charge in [-0.2, -0.15) is 0 Å². The molecule has 0 amide bonds. The Bertz CT molecular complexity index is 831. The van der Waals surface area contributed by atoms with E-state index in [1.807, 2.05) is 10.7 Å². The molecule has 0 saturated carbocycles. The van der Waals surface area contributed by atoms with Crippen molar-refractivity contribution in [2.75, 3.05) is 13.1 Å². The van der Waals surface area contributed by atoms with Crippen LogP contribution in [-0.4, -0.2) is 47.4 Å². The predicted octanol–water partition coefficient (Wildman–Crippen LogP) is 4.34. The molecule has 0 bridgehead atoms. The van der Waals surface area contributed by atoms with E-state index in [9.17, 15) is 13.9 Å². The van der Waals surface area contributed by atoms with Crippen LogP contribution in [0.5, 0.6) is 5.75 Å². The van der Waals surface area contributed by atoms with Gasteiger partial charge < -0.3 is 14.6 Å². The van der Waals surface area contributed by atoms with Gasteiger partial charge in [0.15, 0.2) is 0 Å². The Morgan fingerprint density at radius 2 is 2.00 bits per heavy atom. The van der Waals surface area contributed by atoms with E-state index in [1.165, 1.54) is 12.1 Å². The molecule has 1 N–H and O–H groups in total. The van der Waals surface area contributed by atoms with Crippen LogP contribution in [0.25, 0.3) is 0 Å². The summed E-state index contributed by atoms with van der Waals surface area (Å²) in [6.07, 6.45) is 5.26. The van der Waals surface area contributed by atoms with E-state index >= 15 is 0 Å². The minimum Gasteiger partial charge on any atom is -0.490 e. The van der Waals surface area contributed by atoms with Crippen molar-refractivity contribution in [3.05, 3.63) is 53.1 Å². The highest BCUT2D eigenvalue weighted by molar-refractivity contribution is 7.13. The van der Waals surface area contributed by atoms with Gasteiger partial charge >= 0.3 is 0 Å². The van der Waals surface area contributed by atoms with Crippen molar-refractivity contribution >= 4 is 9.39 Å². The highest BCUT2D eigenvalue weighted by Gasteiger charge is 2.31. The number of alkyl halides is 1. The van der Waals surface area contributed by atoms with E-state index in [4.69, 9.17) is 9.47 Å². The maximum Gasteiger partial charge on any atom is 0.126 e. The summed E-state index contributed by atoms with van der Waals surface area (Å²) in [5.74, 6) is 1.50. The summed E-state index contributed by atoms with van der Waals surface area (Å²) in [5, 5.41) is 10.7. The highest BCUT2D eigenvalue weighted by atomic mass is 31.0. The van der Waals surface area contributed by atoms with Gasteiger partial charge in [-0.25, -0.2) is 8.78 Å². The van der Waals surface area contributed by atoms with Gasteiger partial charge in [0, 0.05) is 25.4 Å². The molecule has 6 atom stereocenters. The Morgan fingerprint density at radius 1 is 1.20 bits per heavy atom. The van der Waals surface area contributed by atoms with Gasteiger partial charge in [0.1, 0.15) is 41.8 Å². The molecule has 3 aliphatic rings. The van der Waals surface area contributed by atoms with Crippen molar-refractivity contribution in [1.82, 2.24) is 4.67 Å². The largest absolute Gasteiger partial charge is 0.490 e. The molecule has 2 heterocycles. The molecule has 2 aliphatic heterocycles. The number of fused-ring (bicyclic) bond motifs is 2. The Morgan fingerprint density at radius 3 is 2.83 bits per heavy atom. The minimum absolute atomic E-state index is 0.0810. The molecule has 0 radical (unpaired) electrons. The summed E-state index contributed by atoms with van der Waals surface area (Å²) >= 11 is 0. The molecule has 0 aromatic heterocycles. The second-order valence-corrected chi connectivity index (χ2v) is 9.38. The molecule has 4 nitrogen and oxygen atoms in total. The molecule has 1 aromatic rings. The average molecular weight is 437 g/mol. The average Bonchev–Trinajstić information content (AvgIpc) is 2.72. The van der Waals surface area contributed by atoms with Crippen molar-refractivity contribution in [3.63, 3.8) is 0 Å². The number of ether oxygens (including phenoxy) is 2. The van der Waals surface area contributed by atoms with E-state index < -0.39 is 12.3 Å².